The van der Waals surface area contributed by atoms with Crippen LogP contribution < -0.4 is 5.32 Å². The lowest BCUT2D eigenvalue weighted by atomic mass is 9.91. The van der Waals surface area contributed by atoms with Crippen LogP contribution in [-0.4, -0.2) is 12.6 Å². The van der Waals surface area contributed by atoms with Crippen molar-refractivity contribution in [2.75, 3.05) is 6.54 Å². The zero-order chi connectivity index (χ0) is 10.8. The highest BCUT2D eigenvalue weighted by Gasteiger charge is 2.30. The standard InChI is InChI=1S/C13H21NO/c1-9(2)8-12-11(6-7-14-12)13-5-4-10(3)15-13/h4-5,9,11-12,14H,6-8H2,1-3H3. The molecule has 0 radical (unpaired) electrons. The van der Waals surface area contributed by atoms with Crippen LogP contribution in [0.1, 0.15) is 44.1 Å². The summed E-state index contributed by atoms with van der Waals surface area (Å²) in [4.78, 5) is 0. The van der Waals surface area contributed by atoms with Gasteiger partial charge in [-0.15, -0.1) is 0 Å². The number of furan rings is 1. The van der Waals surface area contributed by atoms with E-state index in [2.05, 4.69) is 31.3 Å². The first-order chi connectivity index (χ1) is 7.16. The minimum absolute atomic E-state index is 0.584. The van der Waals surface area contributed by atoms with E-state index in [1.54, 1.807) is 0 Å². The summed E-state index contributed by atoms with van der Waals surface area (Å²) < 4.78 is 5.74. The molecule has 1 aliphatic heterocycles. The van der Waals surface area contributed by atoms with Crippen molar-refractivity contribution in [2.45, 2.75) is 45.6 Å². The van der Waals surface area contributed by atoms with E-state index < -0.39 is 0 Å². The fourth-order valence-electron chi connectivity index (χ4n) is 2.52. The zero-order valence-electron chi connectivity index (χ0n) is 9.92. The minimum Gasteiger partial charge on any atom is -0.466 e. The van der Waals surface area contributed by atoms with Crippen molar-refractivity contribution < 1.29 is 4.42 Å². The number of hydrogen-bond acceptors (Lipinski definition) is 2. The summed E-state index contributed by atoms with van der Waals surface area (Å²) in [5.74, 6) is 3.53. The molecule has 1 aromatic heterocycles. The molecular weight excluding hydrogens is 186 g/mol. The Labute approximate surface area is 92.1 Å². The van der Waals surface area contributed by atoms with Crippen LogP contribution in [0.2, 0.25) is 0 Å². The van der Waals surface area contributed by atoms with Gasteiger partial charge in [0.05, 0.1) is 0 Å². The van der Waals surface area contributed by atoms with E-state index in [-0.39, 0.29) is 0 Å². The average molecular weight is 207 g/mol. The molecule has 2 nitrogen and oxygen atoms in total. The van der Waals surface area contributed by atoms with Gasteiger partial charge in [-0.3, -0.25) is 0 Å². The van der Waals surface area contributed by atoms with Crippen LogP contribution in [0.15, 0.2) is 16.5 Å². The second-order valence-corrected chi connectivity index (χ2v) is 5.03. The molecule has 0 amide bonds. The van der Waals surface area contributed by atoms with E-state index in [0.717, 1.165) is 18.2 Å². The summed E-state index contributed by atoms with van der Waals surface area (Å²) in [6, 6.07) is 4.82. The van der Waals surface area contributed by atoms with Gasteiger partial charge in [0.25, 0.3) is 0 Å². The van der Waals surface area contributed by atoms with Crippen LogP contribution in [0.3, 0.4) is 0 Å². The molecule has 0 spiro atoms. The molecule has 1 aromatic rings. The molecule has 0 saturated carbocycles. The molecule has 15 heavy (non-hydrogen) atoms. The van der Waals surface area contributed by atoms with E-state index in [1.165, 1.54) is 18.6 Å². The van der Waals surface area contributed by atoms with Crippen LogP contribution in [0.4, 0.5) is 0 Å². The largest absolute Gasteiger partial charge is 0.466 e. The number of nitrogens with one attached hydrogen (secondary N) is 1. The maximum Gasteiger partial charge on any atom is 0.108 e. The monoisotopic (exact) mass is 207 g/mol. The summed E-state index contributed by atoms with van der Waals surface area (Å²) in [7, 11) is 0. The molecule has 1 saturated heterocycles. The van der Waals surface area contributed by atoms with E-state index in [4.69, 9.17) is 4.42 Å². The van der Waals surface area contributed by atoms with Gasteiger partial charge in [0.2, 0.25) is 0 Å². The Balaban J connectivity index is 2.07. The molecule has 2 atom stereocenters. The van der Waals surface area contributed by atoms with Crippen molar-refractivity contribution in [1.82, 2.24) is 5.32 Å². The third kappa shape index (κ3) is 2.43. The number of hydrogen-bond donors (Lipinski definition) is 1. The lowest BCUT2D eigenvalue weighted by Gasteiger charge is -2.19. The molecule has 2 unspecified atom stereocenters. The zero-order valence-corrected chi connectivity index (χ0v) is 9.92. The quantitative estimate of drug-likeness (QED) is 0.824. The van der Waals surface area contributed by atoms with Gasteiger partial charge in [0.1, 0.15) is 11.5 Å². The normalized spacial score (nSPS) is 26.4. The third-order valence-corrected chi connectivity index (χ3v) is 3.20. The SMILES string of the molecule is Cc1ccc(C2CCNC2CC(C)C)o1. The highest BCUT2D eigenvalue weighted by atomic mass is 16.3. The van der Waals surface area contributed by atoms with E-state index in [9.17, 15) is 0 Å². The van der Waals surface area contributed by atoms with Crippen molar-refractivity contribution >= 4 is 0 Å². The predicted octanol–water partition coefficient (Wildman–Crippen LogP) is 3.08. The molecule has 0 bridgehead atoms. The van der Waals surface area contributed by atoms with E-state index in [0.29, 0.717) is 12.0 Å². The maximum absolute atomic E-state index is 5.74. The van der Waals surface area contributed by atoms with Crippen LogP contribution in [0.5, 0.6) is 0 Å². The van der Waals surface area contributed by atoms with E-state index >= 15 is 0 Å². The van der Waals surface area contributed by atoms with Crippen LogP contribution in [-0.2, 0) is 0 Å². The molecule has 2 heteroatoms. The van der Waals surface area contributed by atoms with Gasteiger partial charge in [-0.2, -0.15) is 0 Å². The van der Waals surface area contributed by atoms with Crippen LogP contribution in [0.25, 0.3) is 0 Å². The Bertz CT molecular complexity index is 316. The minimum atomic E-state index is 0.584. The van der Waals surface area contributed by atoms with Gasteiger partial charge in [0.15, 0.2) is 0 Å². The molecule has 0 aliphatic carbocycles. The van der Waals surface area contributed by atoms with Gasteiger partial charge < -0.3 is 9.73 Å². The van der Waals surface area contributed by atoms with Gasteiger partial charge in [-0.1, -0.05) is 13.8 Å². The summed E-state index contributed by atoms with van der Waals surface area (Å²) >= 11 is 0. The van der Waals surface area contributed by atoms with Gasteiger partial charge >= 0.3 is 0 Å². The predicted molar refractivity (Wildman–Crippen MR) is 62.0 cm³/mol. The molecule has 1 aliphatic rings. The summed E-state index contributed by atoms with van der Waals surface area (Å²) in [6.45, 7) is 7.71. The molecule has 1 N–H and O–H groups in total. The van der Waals surface area contributed by atoms with Crippen molar-refractivity contribution in [3.63, 3.8) is 0 Å². The lowest BCUT2D eigenvalue weighted by molar-refractivity contribution is 0.378. The topological polar surface area (TPSA) is 25.2 Å². The maximum atomic E-state index is 5.74. The molecule has 84 valence electrons. The molecule has 2 rings (SSSR count). The second kappa shape index (κ2) is 4.40. The Kier molecular flexibility index (Phi) is 3.15. The third-order valence-electron chi connectivity index (χ3n) is 3.20. The highest BCUT2D eigenvalue weighted by molar-refractivity contribution is 5.14. The molecule has 0 aromatic carbocycles. The van der Waals surface area contributed by atoms with E-state index in [1.807, 2.05) is 6.92 Å². The second-order valence-electron chi connectivity index (χ2n) is 5.03. The fraction of sp³-hybridized carbons (Fsp3) is 0.692. The lowest BCUT2D eigenvalue weighted by Crippen LogP contribution is -2.27. The Morgan fingerprint density at radius 3 is 2.87 bits per heavy atom. The summed E-state index contributed by atoms with van der Waals surface area (Å²) in [6.07, 6.45) is 2.45. The first-order valence-corrected chi connectivity index (χ1v) is 5.96. The van der Waals surface area contributed by atoms with Crippen molar-refractivity contribution in [3.8, 4) is 0 Å². The highest BCUT2D eigenvalue weighted by Crippen LogP contribution is 2.32. The first-order valence-electron chi connectivity index (χ1n) is 5.96. The van der Waals surface area contributed by atoms with Crippen LogP contribution >= 0.6 is 0 Å². The van der Waals surface area contributed by atoms with Crippen LogP contribution in [0, 0.1) is 12.8 Å². The number of rotatable bonds is 3. The summed E-state index contributed by atoms with van der Waals surface area (Å²) in [5.41, 5.74) is 0. The van der Waals surface area contributed by atoms with Crippen molar-refractivity contribution in [2.24, 2.45) is 5.92 Å². The van der Waals surface area contributed by atoms with Gasteiger partial charge in [0, 0.05) is 12.0 Å². The smallest absolute Gasteiger partial charge is 0.108 e. The average Bonchev–Trinajstić information content (AvgIpc) is 2.72. The van der Waals surface area contributed by atoms with Crippen molar-refractivity contribution in [1.29, 1.82) is 0 Å². The van der Waals surface area contributed by atoms with Gasteiger partial charge in [-0.05, 0) is 44.4 Å². The van der Waals surface area contributed by atoms with Gasteiger partial charge in [-0.25, -0.2) is 0 Å². The molecule has 2 heterocycles. The molecular formula is C13H21NO. The summed E-state index contributed by atoms with van der Waals surface area (Å²) in [5, 5.41) is 3.59. The Morgan fingerprint density at radius 2 is 2.27 bits per heavy atom. The number of aryl methyl sites for hydroxylation is 1. The van der Waals surface area contributed by atoms with Crippen molar-refractivity contribution in [3.05, 3.63) is 23.7 Å². The fourth-order valence-corrected chi connectivity index (χ4v) is 2.52. The Hall–Kier alpha value is -0.760. The first kappa shape index (κ1) is 10.7. The Morgan fingerprint density at radius 1 is 1.47 bits per heavy atom. The molecule has 1 fully saturated rings.